The number of aromatic nitrogens is 1. The van der Waals surface area contributed by atoms with E-state index in [1.165, 1.54) is 43.4 Å². The first-order valence-corrected chi connectivity index (χ1v) is 10.9. The molecule has 144 valence electrons. The van der Waals surface area contributed by atoms with Crippen LogP contribution in [0.5, 0.6) is 0 Å². The molecule has 2 heterocycles. The second-order valence-electron chi connectivity index (χ2n) is 7.98. The summed E-state index contributed by atoms with van der Waals surface area (Å²) in [5.74, 6) is 1.39. The summed E-state index contributed by atoms with van der Waals surface area (Å²) in [6.45, 7) is 5.09. The fourth-order valence-corrected chi connectivity index (χ4v) is 4.92. The summed E-state index contributed by atoms with van der Waals surface area (Å²) in [6, 6.07) is 4.62. The van der Waals surface area contributed by atoms with Gasteiger partial charge in [0.1, 0.15) is 11.9 Å². The highest BCUT2D eigenvalue weighted by molar-refractivity contribution is 9.10. The highest BCUT2D eigenvalue weighted by Crippen LogP contribution is 2.43. The Morgan fingerprint density at radius 3 is 2.70 bits per heavy atom. The Balaban J connectivity index is 1.56. The summed E-state index contributed by atoms with van der Waals surface area (Å²) in [6.07, 6.45) is 6.78. The standard InChI is InChI=1S/C21H27BrN4O/c1-14-13-25(8-9-26(14)19(7-10-27)15-3-2-4-15)21-17(12-23)11-18(22)20(24-21)16-5-6-16/h11,14,16,27H,2-10,13H2,1H3. The van der Waals surface area contributed by atoms with Gasteiger partial charge in [0.25, 0.3) is 0 Å². The molecule has 1 unspecified atom stereocenters. The molecule has 2 aliphatic carbocycles. The van der Waals surface area contributed by atoms with Crippen LogP contribution in [0.4, 0.5) is 5.82 Å². The molecule has 1 saturated heterocycles. The number of anilines is 1. The van der Waals surface area contributed by atoms with Gasteiger partial charge in [-0.25, -0.2) is 4.98 Å². The fourth-order valence-electron chi connectivity index (χ4n) is 4.28. The van der Waals surface area contributed by atoms with Gasteiger partial charge in [-0.1, -0.05) is 5.57 Å². The molecular weight excluding hydrogens is 404 g/mol. The normalized spacial score (nSPS) is 22.4. The molecule has 5 nitrogen and oxygen atoms in total. The van der Waals surface area contributed by atoms with E-state index in [1.54, 1.807) is 0 Å². The minimum atomic E-state index is 0.212. The van der Waals surface area contributed by atoms with Crippen molar-refractivity contribution in [1.82, 2.24) is 9.88 Å². The van der Waals surface area contributed by atoms with E-state index in [4.69, 9.17) is 4.98 Å². The number of aliphatic hydroxyl groups excluding tert-OH is 1. The summed E-state index contributed by atoms with van der Waals surface area (Å²) >= 11 is 3.60. The van der Waals surface area contributed by atoms with Gasteiger partial charge in [0.15, 0.2) is 0 Å². The molecule has 1 aromatic heterocycles. The van der Waals surface area contributed by atoms with Crippen LogP contribution in [-0.2, 0) is 0 Å². The number of aliphatic hydroxyl groups is 1. The number of hydrogen-bond acceptors (Lipinski definition) is 5. The molecule has 2 saturated carbocycles. The van der Waals surface area contributed by atoms with Crippen molar-refractivity contribution in [3.8, 4) is 6.07 Å². The lowest BCUT2D eigenvalue weighted by Crippen LogP contribution is -2.52. The number of nitrogens with zero attached hydrogens (tertiary/aromatic N) is 4. The van der Waals surface area contributed by atoms with Crippen LogP contribution in [0.2, 0.25) is 0 Å². The van der Waals surface area contributed by atoms with Crippen molar-refractivity contribution >= 4 is 21.7 Å². The molecule has 1 N–H and O–H groups in total. The van der Waals surface area contributed by atoms with Gasteiger partial charge in [-0.3, -0.25) is 0 Å². The van der Waals surface area contributed by atoms with Gasteiger partial charge in [0, 0.05) is 54.8 Å². The Labute approximate surface area is 169 Å². The average Bonchev–Trinajstić information content (AvgIpc) is 3.44. The molecule has 4 rings (SSSR count). The van der Waals surface area contributed by atoms with Crippen molar-refractivity contribution < 1.29 is 5.11 Å². The monoisotopic (exact) mass is 430 g/mol. The summed E-state index contributed by atoms with van der Waals surface area (Å²) < 4.78 is 0.969. The molecule has 6 heteroatoms. The maximum atomic E-state index is 9.62. The smallest absolute Gasteiger partial charge is 0.147 e. The number of pyridine rings is 1. The van der Waals surface area contributed by atoms with Crippen molar-refractivity contribution in [2.24, 2.45) is 0 Å². The van der Waals surface area contributed by atoms with Gasteiger partial charge >= 0.3 is 0 Å². The van der Waals surface area contributed by atoms with Gasteiger partial charge in [0.2, 0.25) is 0 Å². The fraction of sp³-hybridized carbons (Fsp3) is 0.619. The predicted molar refractivity (Wildman–Crippen MR) is 110 cm³/mol. The Morgan fingerprint density at radius 2 is 2.15 bits per heavy atom. The molecule has 1 atom stereocenters. The Kier molecular flexibility index (Phi) is 5.43. The van der Waals surface area contributed by atoms with E-state index in [0.717, 1.165) is 42.0 Å². The first-order chi connectivity index (χ1) is 13.1. The zero-order valence-electron chi connectivity index (χ0n) is 15.9. The molecule has 0 spiro atoms. The van der Waals surface area contributed by atoms with E-state index in [-0.39, 0.29) is 6.61 Å². The minimum Gasteiger partial charge on any atom is -0.396 e. The summed E-state index contributed by atoms with van der Waals surface area (Å²) in [7, 11) is 0. The maximum Gasteiger partial charge on any atom is 0.147 e. The van der Waals surface area contributed by atoms with E-state index in [9.17, 15) is 10.4 Å². The van der Waals surface area contributed by atoms with Gasteiger partial charge in [-0.05, 0) is 61.0 Å². The van der Waals surface area contributed by atoms with Gasteiger partial charge in [-0.2, -0.15) is 5.26 Å². The van der Waals surface area contributed by atoms with Crippen LogP contribution in [0.25, 0.3) is 0 Å². The van der Waals surface area contributed by atoms with Crippen molar-refractivity contribution in [3.63, 3.8) is 0 Å². The molecule has 0 amide bonds. The summed E-state index contributed by atoms with van der Waals surface area (Å²) in [5, 5.41) is 19.1. The highest BCUT2D eigenvalue weighted by Gasteiger charge is 2.32. The Morgan fingerprint density at radius 1 is 1.37 bits per heavy atom. The number of halogens is 1. The molecule has 0 radical (unpaired) electrons. The quantitative estimate of drug-likeness (QED) is 0.766. The van der Waals surface area contributed by atoms with Crippen molar-refractivity contribution in [2.75, 3.05) is 31.1 Å². The third-order valence-corrected chi connectivity index (χ3v) is 6.69. The van der Waals surface area contributed by atoms with Crippen LogP contribution in [0, 0.1) is 11.3 Å². The SMILES string of the molecule is CC1CN(c2nc(C3CC3)c(Br)cc2C#N)CCN1C(CCO)=C1CCC1. The molecule has 3 aliphatic rings. The second-order valence-corrected chi connectivity index (χ2v) is 8.83. The molecule has 1 aromatic rings. The molecular formula is C21H27BrN4O. The van der Waals surface area contributed by atoms with E-state index in [1.807, 2.05) is 6.07 Å². The predicted octanol–water partition coefficient (Wildman–Crippen LogP) is 3.92. The maximum absolute atomic E-state index is 9.62. The van der Waals surface area contributed by atoms with Crippen molar-refractivity contribution in [3.05, 3.63) is 33.1 Å². The number of piperazine rings is 1. The number of nitriles is 1. The van der Waals surface area contributed by atoms with Crippen LogP contribution in [0.1, 0.15) is 62.6 Å². The zero-order chi connectivity index (χ0) is 19.0. The molecule has 0 aromatic carbocycles. The third kappa shape index (κ3) is 3.72. The Hall–Kier alpha value is -1.58. The zero-order valence-corrected chi connectivity index (χ0v) is 17.5. The molecule has 1 aliphatic heterocycles. The average molecular weight is 431 g/mol. The number of allylic oxidation sites excluding steroid dienone is 1. The Bertz CT molecular complexity index is 790. The number of rotatable bonds is 5. The van der Waals surface area contributed by atoms with Crippen LogP contribution in [0.3, 0.4) is 0 Å². The number of hydrogen-bond donors (Lipinski definition) is 1. The molecule has 0 bridgehead atoms. The van der Waals surface area contributed by atoms with Crippen molar-refractivity contribution in [1.29, 1.82) is 5.26 Å². The van der Waals surface area contributed by atoms with E-state index >= 15 is 0 Å². The molecule has 27 heavy (non-hydrogen) atoms. The van der Waals surface area contributed by atoms with Crippen LogP contribution in [-0.4, -0.2) is 47.3 Å². The lowest BCUT2D eigenvalue weighted by atomic mass is 9.88. The van der Waals surface area contributed by atoms with Gasteiger partial charge in [-0.15, -0.1) is 0 Å². The minimum absolute atomic E-state index is 0.212. The first-order valence-electron chi connectivity index (χ1n) is 10.1. The lowest BCUT2D eigenvalue weighted by Gasteiger charge is -2.44. The second kappa shape index (κ2) is 7.81. The van der Waals surface area contributed by atoms with Crippen LogP contribution in [0.15, 0.2) is 21.8 Å². The lowest BCUT2D eigenvalue weighted by molar-refractivity contribution is 0.208. The van der Waals surface area contributed by atoms with E-state index in [0.29, 0.717) is 17.5 Å². The topological polar surface area (TPSA) is 63.4 Å². The van der Waals surface area contributed by atoms with E-state index in [2.05, 4.69) is 38.7 Å². The van der Waals surface area contributed by atoms with Gasteiger partial charge < -0.3 is 14.9 Å². The summed E-state index contributed by atoms with van der Waals surface area (Å²) in [4.78, 5) is 9.68. The third-order valence-electron chi connectivity index (χ3n) is 6.06. The summed E-state index contributed by atoms with van der Waals surface area (Å²) in [5.41, 5.74) is 4.65. The van der Waals surface area contributed by atoms with Crippen molar-refractivity contribution in [2.45, 2.75) is 57.4 Å². The highest BCUT2D eigenvalue weighted by atomic mass is 79.9. The van der Waals surface area contributed by atoms with E-state index < -0.39 is 0 Å². The first kappa shape index (κ1) is 18.8. The van der Waals surface area contributed by atoms with Crippen LogP contribution >= 0.6 is 15.9 Å². The van der Waals surface area contributed by atoms with Gasteiger partial charge in [0.05, 0.1) is 11.3 Å². The van der Waals surface area contributed by atoms with Crippen LogP contribution < -0.4 is 4.90 Å². The largest absolute Gasteiger partial charge is 0.396 e. The molecule has 3 fully saturated rings.